The fourth-order valence-corrected chi connectivity index (χ4v) is 3.47. The van der Waals surface area contributed by atoms with Gasteiger partial charge in [0.2, 0.25) is 0 Å². The fraction of sp³-hybridized carbons (Fsp3) is 0.364. The fourth-order valence-electron chi connectivity index (χ4n) is 3.47. The third-order valence-corrected chi connectivity index (χ3v) is 4.99. The van der Waals surface area contributed by atoms with Crippen molar-refractivity contribution in [2.24, 2.45) is 5.92 Å². The zero-order chi connectivity index (χ0) is 19.2. The van der Waals surface area contributed by atoms with Crippen LogP contribution in [-0.4, -0.2) is 48.6 Å². The van der Waals surface area contributed by atoms with Crippen LogP contribution in [0.15, 0.2) is 54.6 Å². The molecule has 0 aliphatic carbocycles. The van der Waals surface area contributed by atoms with Crippen LogP contribution < -0.4 is 0 Å². The van der Waals surface area contributed by atoms with Crippen LogP contribution in [0, 0.1) is 5.92 Å². The number of rotatable bonds is 6. The molecule has 0 radical (unpaired) electrons. The molecule has 0 N–H and O–H groups in total. The molecule has 1 atom stereocenters. The highest BCUT2D eigenvalue weighted by atomic mass is 16.5. The largest absolute Gasteiger partial charge is 0.466 e. The van der Waals surface area contributed by atoms with Crippen LogP contribution in [0.1, 0.15) is 34.8 Å². The summed E-state index contributed by atoms with van der Waals surface area (Å²) in [6.07, 6.45) is 1.42. The van der Waals surface area contributed by atoms with Gasteiger partial charge in [0, 0.05) is 25.7 Å². The van der Waals surface area contributed by atoms with Gasteiger partial charge >= 0.3 is 5.97 Å². The minimum Gasteiger partial charge on any atom is -0.466 e. The van der Waals surface area contributed by atoms with Gasteiger partial charge in [0.1, 0.15) is 0 Å². The molecule has 1 amide bonds. The summed E-state index contributed by atoms with van der Waals surface area (Å²) in [7, 11) is 1.77. The summed E-state index contributed by atoms with van der Waals surface area (Å²) in [5.74, 6) is -0.392. The van der Waals surface area contributed by atoms with Crippen molar-refractivity contribution in [1.29, 1.82) is 0 Å². The molecule has 2 aromatic carbocycles. The van der Waals surface area contributed by atoms with Crippen LogP contribution in [0.25, 0.3) is 0 Å². The second-order valence-corrected chi connectivity index (χ2v) is 6.80. The van der Waals surface area contributed by atoms with Gasteiger partial charge in [0.25, 0.3) is 5.91 Å². The molecule has 1 aliphatic heterocycles. The highest BCUT2D eigenvalue weighted by molar-refractivity contribution is 5.95. The number of carbonyl (C=O) groups is 2. The van der Waals surface area contributed by atoms with Crippen molar-refractivity contribution < 1.29 is 14.3 Å². The summed E-state index contributed by atoms with van der Waals surface area (Å²) < 4.78 is 5.12. The molecule has 1 fully saturated rings. The number of hydrazine groups is 1. The van der Waals surface area contributed by atoms with E-state index in [1.54, 1.807) is 12.1 Å². The summed E-state index contributed by atoms with van der Waals surface area (Å²) in [6, 6.07) is 17.8. The SMILES string of the molecule is CCOC(=O)C1CCN(N(C)C(=O)c2ccccc2Cc2ccccc2)C1. The first-order valence-electron chi connectivity index (χ1n) is 9.41. The third-order valence-electron chi connectivity index (χ3n) is 4.99. The van der Waals surface area contributed by atoms with Crippen molar-refractivity contribution in [3.8, 4) is 0 Å². The van der Waals surface area contributed by atoms with Gasteiger partial charge in [0.15, 0.2) is 0 Å². The third kappa shape index (κ3) is 4.55. The number of benzene rings is 2. The molecule has 5 nitrogen and oxygen atoms in total. The maximum atomic E-state index is 13.1. The monoisotopic (exact) mass is 366 g/mol. The van der Waals surface area contributed by atoms with Crippen LogP contribution in [0.2, 0.25) is 0 Å². The first-order chi connectivity index (χ1) is 13.1. The van der Waals surface area contributed by atoms with Gasteiger partial charge < -0.3 is 4.74 Å². The molecule has 142 valence electrons. The molecule has 3 rings (SSSR count). The van der Waals surface area contributed by atoms with E-state index in [1.165, 1.54) is 5.56 Å². The van der Waals surface area contributed by atoms with Crippen LogP contribution in [0.3, 0.4) is 0 Å². The lowest BCUT2D eigenvalue weighted by Crippen LogP contribution is -2.43. The van der Waals surface area contributed by atoms with E-state index in [2.05, 4.69) is 12.1 Å². The highest BCUT2D eigenvalue weighted by Gasteiger charge is 2.33. The Hall–Kier alpha value is -2.66. The van der Waals surface area contributed by atoms with E-state index in [0.717, 1.165) is 5.56 Å². The highest BCUT2D eigenvalue weighted by Crippen LogP contribution is 2.22. The van der Waals surface area contributed by atoms with E-state index in [0.29, 0.717) is 38.1 Å². The normalized spacial score (nSPS) is 16.9. The average molecular weight is 366 g/mol. The van der Waals surface area contributed by atoms with Gasteiger partial charge in [-0.25, -0.2) is 5.01 Å². The molecule has 0 spiro atoms. The summed E-state index contributed by atoms with van der Waals surface area (Å²) in [4.78, 5) is 25.1. The molecular formula is C22H26N2O3. The lowest BCUT2D eigenvalue weighted by Gasteiger charge is -2.28. The number of carbonyl (C=O) groups excluding carboxylic acids is 2. The number of esters is 1. The quantitative estimate of drug-likeness (QED) is 0.737. The van der Waals surface area contributed by atoms with E-state index < -0.39 is 0 Å². The Morgan fingerprint density at radius 3 is 2.56 bits per heavy atom. The first-order valence-corrected chi connectivity index (χ1v) is 9.41. The molecule has 27 heavy (non-hydrogen) atoms. The number of ether oxygens (including phenoxy) is 1. The van der Waals surface area contributed by atoms with Crippen molar-refractivity contribution in [1.82, 2.24) is 10.0 Å². The predicted octanol–water partition coefficient (Wildman–Crippen LogP) is 3.15. The molecule has 1 saturated heterocycles. The van der Waals surface area contributed by atoms with Crippen LogP contribution in [0.4, 0.5) is 0 Å². The van der Waals surface area contributed by atoms with E-state index in [-0.39, 0.29) is 17.8 Å². The Bertz CT molecular complexity index is 791. The van der Waals surface area contributed by atoms with Crippen molar-refractivity contribution >= 4 is 11.9 Å². The summed E-state index contributed by atoms with van der Waals surface area (Å²) in [5.41, 5.74) is 2.87. The summed E-state index contributed by atoms with van der Waals surface area (Å²) in [6.45, 7) is 3.38. The van der Waals surface area contributed by atoms with Crippen molar-refractivity contribution in [2.45, 2.75) is 19.8 Å². The van der Waals surface area contributed by atoms with Crippen molar-refractivity contribution in [3.63, 3.8) is 0 Å². The van der Waals surface area contributed by atoms with Crippen molar-refractivity contribution in [2.75, 3.05) is 26.7 Å². The molecule has 0 aromatic heterocycles. The van der Waals surface area contributed by atoms with Crippen LogP contribution in [-0.2, 0) is 16.0 Å². The predicted molar refractivity (Wildman–Crippen MR) is 104 cm³/mol. The number of amides is 1. The molecule has 0 saturated carbocycles. The van der Waals surface area contributed by atoms with Crippen LogP contribution >= 0.6 is 0 Å². The van der Waals surface area contributed by atoms with Crippen molar-refractivity contribution in [3.05, 3.63) is 71.3 Å². The zero-order valence-electron chi connectivity index (χ0n) is 15.9. The van der Waals surface area contributed by atoms with Gasteiger partial charge in [-0.15, -0.1) is 0 Å². The van der Waals surface area contributed by atoms with Gasteiger partial charge in [-0.05, 0) is 37.0 Å². The van der Waals surface area contributed by atoms with E-state index in [4.69, 9.17) is 4.74 Å². The Labute approximate surface area is 160 Å². The maximum absolute atomic E-state index is 13.1. The average Bonchev–Trinajstić information content (AvgIpc) is 3.19. The molecule has 0 bridgehead atoms. The van der Waals surface area contributed by atoms with Gasteiger partial charge in [0.05, 0.1) is 12.5 Å². The Morgan fingerprint density at radius 2 is 1.81 bits per heavy atom. The second-order valence-electron chi connectivity index (χ2n) is 6.80. The molecule has 2 aromatic rings. The Morgan fingerprint density at radius 1 is 1.11 bits per heavy atom. The topological polar surface area (TPSA) is 49.9 Å². The van der Waals surface area contributed by atoms with Gasteiger partial charge in [-0.2, -0.15) is 0 Å². The minimum atomic E-state index is -0.176. The standard InChI is InChI=1S/C22H26N2O3/c1-3-27-22(26)19-13-14-24(16-19)23(2)21(25)20-12-8-7-11-18(20)15-17-9-5-4-6-10-17/h4-12,19H,3,13-16H2,1-2H3. The maximum Gasteiger partial charge on any atom is 0.310 e. The number of hydrogen-bond donors (Lipinski definition) is 0. The lowest BCUT2D eigenvalue weighted by molar-refractivity contribution is -0.147. The molecule has 1 heterocycles. The van der Waals surface area contributed by atoms with Gasteiger partial charge in [-0.1, -0.05) is 48.5 Å². The second kappa shape index (κ2) is 8.82. The Balaban J connectivity index is 1.71. The minimum absolute atomic E-state index is 0.0500. The summed E-state index contributed by atoms with van der Waals surface area (Å²) >= 11 is 0. The van der Waals surface area contributed by atoms with E-state index in [1.807, 2.05) is 54.4 Å². The van der Waals surface area contributed by atoms with Gasteiger partial charge in [-0.3, -0.25) is 14.6 Å². The number of nitrogens with zero attached hydrogens (tertiary/aromatic N) is 2. The molecule has 1 unspecified atom stereocenters. The molecule has 1 aliphatic rings. The summed E-state index contributed by atoms with van der Waals surface area (Å²) in [5, 5.41) is 3.58. The van der Waals surface area contributed by atoms with Crippen LogP contribution in [0.5, 0.6) is 0 Å². The lowest BCUT2D eigenvalue weighted by atomic mass is 9.99. The Kier molecular flexibility index (Phi) is 6.24. The van der Waals surface area contributed by atoms with E-state index >= 15 is 0 Å². The smallest absolute Gasteiger partial charge is 0.310 e. The van der Waals surface area contributed by atoms with E-state index in [9.17, 15) is 9.59 Å². The molecule has 5 heteroatoms. The number of hydrogen-bond acceptors (Lipinski definition) is 4. The molecular weight excluding hydrogens is 340 g/mol. The first kappa shape index (κ1) is 19.1. The zero-order valence-corrected chi connectivity index (χ0v) is 15.9.